The molecule has 0 atom stereocenters. The molecule has 0 unspecified atom stereocenters. The minimum absolute atomic E-state index is 0.194. The molecule has 2 aliphatic heterocycles. The van der Waals surface area contributed by atoms with Crippen LogP contribution < -0.4 is 4.90 Å². The van der Waals surface area contributed by atoms with Gasteiger partial charge in [-0.3, -0.25) is 4.79 Å². The number of hydrogen-bond acceptors (Lipinski definition) is 3. The topological polar surface area (TPSA) is 57.7 Å². The molecule has 0 bridgehead atoms. The van der Waals surface area contributed by atoms with E-state index in [9.17, 15) is 13.2 Å². The molecule has 2 heterocycles. The molecule has 5 nitrogen and oxygen atoms in total. The van der Waals surface area contributed by atoms with Gasteiger partial charge in [-0.05, 0) is 67.6 Å². The van der Waals surface area contributed by atoms with Gasteiger partial charge in [-0.15, -0.1) is 0 Å². The van der Waals surface area contributed by atoms with Crippen LogP contribution >= 0.6 is 23.2 Å². The number of nitrogens with zero attached hydrogens (tertiary/aromatic N) is 2. The summed E-state index contributed by atoms with van der Waals surface area (Å²) in [5.74, 6) is -0.194. The van der Waals surface area contributed by atoms with Crippen LogP contribution in [0, 0.1) is 0 Å². The van der Waals surface area contributed by atoms with E-state index in [1.54, 1.807) is 41.3 Å². The van der Waals surface area contributed by atoms with Crippen molar-refractivity contribution < 1.29 is 13.2 Å². The van der Waals surface area contributed by atoms with Gasteiger partial charge in [0.25, 0.3) is 5.91 Å². The maximum atomic E-state index is 13.0. The summed E-state index contributed by atoms with van der Waals surface area (Å²) in [5.41, 5.74) is 2.03. The molecule has 0 radical (unpaired) electrons. The molecule has 28 heavy (non-hydrogen) atoms. The summed E-state index contributed by atoms with van der Waals surface area (Å²) >= 11 is 12.1. The highest BCUT2D eigenvalue weighted by Crippen LogP contribution is 2.32. The third kappa shape index (κ3) is 3.66. The van der Waals surface area contributed by atoms with E-state index in [2.05, 4.69) is 0 Å². The summed E-state index contributed by atoms with van der Waals surface area (Å²) in [6.07, 6.45) is 3.29. The first-order valence-corrected chi connectivity index (χ1v) is 11.5. The Morgan fingerprint density at radius 3 is 2.25 bits per heavy atom. The van der Waals surface area contributed by atoms with Crippen molar-refractivity contribution in [2.24, 2.45) is 0 Å². The van der Waals surface area contributed by atoms with Crippen LogP contribution in [0.15, 0.2) is 41.3 Å². The van der Waals surface area contributed by atoms with Gasteiger partial charge in [0.05, 0.1) is 4.90 Å². The van der Waals surface area contributed by atoms with Gasteiger partial charge in [-0.25, -0.2) is 8.42 Å². The van der Waals surface area contributed by atoms with E-state index in [4.69, 9.17) is 23.2 Å². The zero-order chi connectivity index (χ0) is 19.9. The molecule has 2 aliphatic rings. The molecule has 2 aromatic rings. The summed E-state index contributed by atoms with van der Waals surface area (Å²) in [5, 5.41) is 0.806. The maximum Gasteiger partial charge on any atom is 0.258 e. The van der Waals surface area contributed by atoms with E-state index < -0.39 is 10.0 Å². The number of hydrogen-bond donors (Lipinski definition) is 0. The summed E-state index contributed by atoms with van der Waals surface area (Å²) in [4.78, 5) is 15.0. The van der Waals surface area contributed by atoms with E-state index in [1.165, 1.54) is 4.31 Å². The van der Waals surface area contributed by atoms with Crippen molar-refractivity contribution in [1.82, 2.24) is 4.31 Å². The Bertz CT molecular complexity index is 1010. The van der Waals surface area contributed by atoms with E-state index in [-0.39, 0.29) is 5.91 Å². The van der Waals surface area contributed by atoms with Gasteiger partial charge in [-0.2, -0.15) is 4.31 Å². The minimum Gasteiger partial charge on any atom is -0.308 e. The maximum absolute atomic E-state index is 13.0. The van der Waals surface area contributed by atoms with Crippen molar-refractivity contribution in [1.29, 1.82) is 0 Å². The zero-order valence-electron chi connectivity index (χ0n) is 15.2. The van der Waals surface area contributed by atoms with Crippen molar-refractivity contribution in [3.8, 4) is 0 Å². The molecule has 0 saturated carbocycles. The Labute approximate surface area is 174 Å². The van der Waals surface area contributed by atoms with Gasteiger partial charge in [0.1, 0.15) is 0 Å². The molecule has 1 fully saturated rings. The van der Waals surface area contributed by atoms with Crippen LogP contribution in [0.3, 0.4) is 0 Å². The summed E-state index contributed by atoms with van der Waals surface area (Å²) in [7, 11) is -3.48. The predicted molar refractivity (Wildman–Crippen MR) is 111 cm³/mol. The molecule has 0 aromatic heterocycles. The van der Waals surface area contributed by atoms with Crippen LogP contribution in [-0.2, 0) is 16.4 Å². The number of aryl methyl sites for hydroxylation is 1. The molecular weight excluding hydrogens is 419 g/mol. The highest BCUT2D eigenvalue weighted by molar-refractivity contribution is 7.89. The fraction of sp³-hybridized carbons (Fsp3) is 0.350. The highest BCUT2D eigenvalue weighted by atomic mass is 35.5. The number of fused-ring (bicyclic) bond motifs is 1. The Balaban J connectivity index is 1.67. The number of rotatable bonds is 3. The van der Waals surface area contributed by atoms with Crippen LogP contribution in [0.5, 0.6) is 0 Å². The minimum atomic E-state index is -3.48. The van der Waals surface area contributed by atoms with Gasteiger partial charge in [0.15, 0.2) is 0 Å². The number of carbonyl (C=O) groups is 1. The van der Waals surface area contributed by atoms with Gasteiger partial charge < -0.3 is 4.90 Å². The molecule has 1 saturated heterocycles. The standard InChI is InChI=1S/C20H20Cl2N2O3S/c21-16-10-15(11-17(22)13-16)20(25)24-9-3-4-14-12-18(5-6-19(14)24)28(26,27)23-7-1-2-8-23/h5-6,10-13H,1-4,7-9H2. The largest absolute Gasteiger partial charge is 0.308 e. The lowest BCUT2D eigenvalue weighted by atomic mass is 10.0. The molecule has 0 spiro atoms. The average Bonchev–Trinajstić information content (AvgIpc) is 3.21. The molecule has 0 N–H and O–H groups in total. The smallest absolute Gasteiger partial charge is 0.258 e. The van der Waals surface area contributed by atoms with Gasteiger partial charge >= 0.3 is 0 Å². The summed E-state index contributed by atoms with van der Waals surface area (Å²) in [6, 6.07) is 9.82. The van der Waals surface area contributed by atoms with Crippen molar-refractivity contribution >= 4 is 44.8 Å². The van der Waals surface area contributed by atoms with Crippen LogP contribution in [0.25, 0.3) is 0 Å². The van der Waals surface area contributed by atoms with E-state index in [0.29, 0.717) is 40.1 Å². The van der Waals surface area contributed by atoms with Crippen LogP contribution in [0.1, 0.15) is 35.2 Å². The van der Waals surface area contributed by atoms with Crippen molar-refractivity contribution in [3.05, 3.63) is 57.6 Å². The second-order valence-corrected chi connectivity index (χ2v) is 9.93. The molecular formula is C20H20Cl2N2O3S. The second kappa shape index (κ2) is 7.67. The van der Waals surface area contributed by atoms with Crippen LogP contribution in [0.4, 0.5) is 5.69 Å². The summed E-state index contributed by atoms with van der Waals surface area (Å²) in [6.45, 7) is 1.70. The first kappa shape index (κ1) is 19.7. The zero-order valence-corrected chi connectivity index (χ0v) is 17.5. The van der Waals surface area contributed by atoms with E-state index >= 15 is 0 Å². The third-order valence-electron chi connectivity index (χ3n) is 5.23. The fourth-order valence-electron chi connectivity index (χ4n) is 3.86. The van der Waals surface area contributed by atoms with Crippen molar-refractivity contribution in [3.63, 3.8) is 0 Å². The number of halogens is 2. The predicted octanol–water partition coefficient (Wildman–Crippen LogP) is 4.37. The second-order valence-electron chi connectivity index (χ2n) is 7.12. The third-order valence-corrected chi connectivity index (χ3v) is 7.56. The van der Waals surface area contributed by atoms with Crippen molar-refractivity contribution in [2.45, 2.75) is 30.6 Å². The lowest BCUT2D eigenvalue weighted by Crippen LogP contribution is -2.35. The SMILES string of the molecule is O=C(c1cc(Cl)cc(Cl)c1)N1CCCc2cc(S(=O)(=O)N3CCCC3)ccc21. The Kier molecular flexibility index (Phi) is 5.40. The monoisotopic (exact) mass is 438 g/mol. The molecule has 1 amide bonds. The highest BCUT2D eigenvalue weighted by Gasteiger charge is 2.30. The molecule has 148 valence electrons. The average molecular weight is 439 g/mol. The quantitative estimate of drug-likeness (QED) is 0.714. The van der Waals surface area contributed by atoms with Gasteiger partial charge in [-0.1, -0.05) is 23.2 Å². The number of carbonyl (C=O) groups excluding carboxylic acids is 1. The van der Waals surface area contributed by atoms with Crippen LogP contribution in [-0.4, -0.2) is 38.3 Å². The number of benzene rings is 2. The number of amides is 1. The number of anilines is 1. The van der Waals surface area contributed by atoms with E-state index in [1.807, 2.05) is 0 Å². The fourth-order valence-corrected chi connectivity index (χ4v) is 5.95. The summed E-state index contributed by atoms with van der Waals surface area (Å²) < 4.78 is 27.2. The van der Waals surface area contributed by atoms with Crippen molar-refractivity contribution in [2.75, 3.05) is 24.5 Å². The molecule has 4 rings (SSSR count). The van der Waals surface area contributed by atoms with Gasteiger partial charge in [0.2, 0.25) is 10.0 Å². The number of sulfonamides is 1. The van der Waals surface area contributed by atoms with Gasteiger partial charge in [0, 0.05) is 40.9 Å². The lowest BCUT2D eigenvalue weighted by Gasteiger charge is -2.30. The Morgan fingerprint density at radius 1 is 0.893 bits per heavy atom. The lowest BCUT2D eigenvalue weighted by molar-refractivity contribution is 0.0985. The first-order chi connectivity index (χ1) is 13.4. The normalized spacial score (nSPS) is 17.6. The molecule has 2 aromatic carbocycles. The Morgan fingerprint density at radius 2 is 1.57 bits per heavy atom. The molecule has 8 heteroatoms. The molecule has 0 aliphatic carbocycles. The first-order valence-electron chi connectivity index (χ1n) is 9.27. The Hall–Kier alpha value is -1.60. The van der Waals surface area contributed by atoms with Crippen LogP contribution in [0.2, 0.25) is 10.0 Å². The van der Waals surface area contributed by atoms with E-state index in [0.717, 1.165) is 36.9 Å².